The number of halogens is 1. The zero-order valence-corrected chi connectivity index (χ0v) is 15.0. The lowest BCUT2D eigenvalue weighted by molar-refractivity contribution is 0.0196. The van der Waals surface area contributed by atoms with Crippen molar-refractivity contribution in [2.45, 2.75) is 49.0 Å². The minimum atomic E-state index is -0.515. The van der Waals surface area contributed by atoms with E-state index in [4.69, 9.17) is 16.3 Å². The highest BCUT2D eigenvalue weighted by atomic mass is 35.5. The summed E-state index contributed by atoms with van der Waals surface area (Å²) in [5.41, 5.74) is 0.131. The summed E-state index contributed by atoms with van der Waals surface area (Å²) < 4.78 is 4.88. The Balaban J connectivity index is 1.70. The van der Waals surface area contributed by atoms with Gasteiger partial charge < -0.3 is 9.64 Å². The second-order valence-corrected chi connectivity index (χ2v) is 8.64. The van der Waals surface area contributed by atoms with Gasteiger partial charge >= 0.3 is 6.09 Å². The van der Waals surface area contributed by atoms with Crippen LogP contribution in [0.3, 0.4) is 0 Å². The second-order valence-electron chi connectivity index (χ2n) is 6.88. The first-order chi connectivity index (χ1) is 10.7. The van der Waals surface area contributed by atoms with Crippen LogP contribution < -0.4 is 0 Å². The van der Waals surface area contributed by atoms with Crippen LogP contribution in [-0.2, 0) is 4.74 Å². The number of piperidine rings is 1. The number of likely N-dealkylation sites (tertiary alicyclic amines) is 1. The molecule has 3 rings (SSSR count). The van der Waals surface area contributed by atoms with E-state index in [9.17, 15) is 9.59 Å². The molecule has 1 spiro atoms. The van der Waals surface area contributed by atoms with Crippen LogP contribution in [0, 0.1) is 0 Å². The van der Waals surface area contributed by atoms with E-state index in [1.165, 1.54) is 11.8 Å². The molecule has 0 N–H and O–H groups in total. The van der Waals surface area contributed by atoms with Gasteiger partial charge in [-0.1, -0.05) is 23.4 Å². The average molecular weight is 355 g/mol. The third kappa shape index (κ3) is 3.19. The van der Waals surface area contributed by atoms with Gasteiger partial charge in [-0.15, -0.1) is 0 Å². The van der Waals surface area contributed by atoms with Gasteiger partial charge in [-0.3, -0.25) is 4.79 Å². The number of rotatable bonds is 0. The maximum atomic E-state index is 12.8. The van der Waals surface area contributed by atoms with Crippen LogP contribution in [0.2, 0.25) is 5.15 Å². The Morgan fingerprint density at radius 3 is 2.61 bits per heavy atom. The minimum absolute atomic E-state index is 0.102. The highest BCUT2D eigenvalue weighted by Gasteiger charge is 2.49. The molecule has 1 aromatic rings. The van der Waals surface area contributed by atoms with Gasteiger partial charge in [0.25, 0.3) is 0 Å². The second kappa shape index (κ2) is 5.67. The van der Waals surface area contributed by atoms with Crippen molar-refractivity contribution in [1.29, 1.82) is 0 Å². The highest BCUT2D eigenvalue weighted by molar-refractivity contribution is 8.02. The summed E-state index contributed by atoms with van der Waals surface area (Å²) in [6, 6.07) is 3.39. The highest BCUT2D eigenvalue weighted by Crippen LogP contribution is 2.50. The van der Waals surface area contributed by atoms with Crippen LogP contribution in [0.1, 0.15) is 44.0 Å². The first kappa shape index (κ1) is 16.6. The first-order valence-electron chi connectivity index (χ1n) is 7.58. The number of nitrogens with zero attached hydrogens (tertiary/aromatic N) is 2. The van der Waals surface area contributed by atoms with Gasteiger partial charge in [0.2, 0.25) is 0 Å². The molecule has 2 aliphatic heterocycles. The molecule has 0 radical (unpaired) electrons. The number of Topliss-reactive ketones (excluding diaryl/α,β-unsaturated/α-hetero) is 1. The van der Waals surface area contributed by atoms with Crippen molar-refractivity contribution in [3.63, 3.8) is 0 Å². The molecule has 1 saturated heterocycles. The number of ether oxygens (including phenoxy) is 1. The Hall–Kier alpha value is -1.27. The number of pyridine rings is 1. The standard InChI is InChI=1S/C16H19ClN2O3S/c1-15(2,3)22-14(21)19-8-6-16(7-9-19)12(20)10-4-5-11(17)18-13(10)23-16/h4-5H,6-9H2,1-3H3. The van der Waals surface area contributed by atoms with Crippen molar-refractivity contribution in [2.75, 3.05) is 13.1 Å². The summed E-state index contributed by atoms with van der Waals surface area (Å²) in [5, 5.41) is 1.10. The zero-order chi connectivity index (χ0) is 16.8. The number of fused-ring (bicyclic) bond motifs is 1. The van der Waals surface area contributed by atoms with Gasteiger partial charge in [0.1, 0.15) is 15.8 Å². The molecule has 7 heteroatoms. The van der Waals surface area contributed by atoms with Crippen molar-refractivity contribution in [2.24, 2.45) is 0 Å². The monoisotopic (exact) mass is 354 g/mol. The number of ketones is 1. The van der Waals surface area contributed by atoms with E-state index in [0.29, 0.717) is 41.7 Å². The van der Waals surface area contributed by atoms with E-state index in [1.807, 2.05) is 20.8 Å². The van der Waals surface area contributed by atoms with Crippen LogP contribution in [0.15, 0.2) is 17.2 Å². The third-order valence-corrected chi connectivity index (χ3v) is 5.70. The number of hydrogen-bond acceptors (Lipinski definition) is 5. The summed E-state index contributed by atoms with van der Waals surface area (Å²) in [6.07, 6.45) is 0.884. The predicted octanol–water partition coefficient (Wildman–Crippen LogP) is 3.79. The molecular weight excluding hydrogens is 336 g/mol. The molecule has 23 heavy (non-hydrogen) atoms. The van der Waals surface area contributed by atoms with Crippen LogP contribution >= 0.6 is 23.4 Å². The van der Waals surface area contributed by atoms with Gasteiger partial charge in [0.05, 0.1) is 10.3 Å². The van der Waals surface area contributed by atoms with Crippen LogP contribution in [-0.4, -0.2) is 45.2 Å². The van der Waals surface area contributed by atoms with Crippen molar-refractivity contribution in [1.82, 2.24) is 9.88 Å². The number of carbonyl (C=O) groups is 2. The number of amides is 1. The zero-order valence-electron chi connectivity index (χ0n) is 13.4. The fraction of sp³-hybridized carbons (Fsp3) is 0.562. The Morgan fingerprint density at radius 2 is 2.00 bits per heavy atom. The molecule has 3 heterocycles. The largest absolute Gasteiger partial charge is 0.444 e. The fourth-order valence-electron chi connectivity index (χ4n) is 2.85. The lowest BCUT2D eigenvalue weighted by Crippen LogP contribution is -2.48. The minimum Gasteiger partial charge on any atom is -0.444 e. The Labute approximate surface area is 144 Å². The van der Waals surface area contributed by atoms with Gasteiger partial charge in [0.15, 0.2) is 5.78 Å². The Bertz CT molecular complexity index is 664. The SMILES string of the molecule is CC(C)(C)OC(=O)N1CCC2(CC1)Sc1nc(Cl)ccc1C2=O. The van der Waals surface area contributed by atoms with Crippen LogP contribution in [0.25, 0.3) is 0 Å². The summed E-state index contributed by atoms with van der Waals surface area (Å²) in [7, 11) is 0. The molecule has 5 nitrogen and oxygen atoms in total. The maximum absolute atomic E-state index is 12.8. The quantitative estimate of drug-likeness (QED) is 0.663. The summed E-state index contributed by atoms with van der Waals surface area (Å²) in [5.74, 6) is 0.102. The van der Waals surface area contributed by atoms with E-state index in [0.717, 1.165) is 0 Å². The van der Waals surface area contributed by atoms with E-state index < -0.39 is 10.3 Å². The third-order valence-electron chi connectivity index (χ3n) is 4.00. The topological polar surface area (TPSA) is 59.5 Å². The molecule has 1 aromatic heterocycles. The molecule has 0 bridgehead atoms. The average Bonchev–Trinajstić information content (AvgIpc) is 2.70. The molecule has 1 fully saturated rings. The van der Waals surface area contributed by atoms with Crippen LogP contribution in [0.4, 0.5) is 4.79 Å². The molecular formula is C16H19ClN2O3S. The van der Waals surface area contributed by atoms with Gasteiger partial charge in [0, 0.05) is 13.1 Å². The molecule has 0 atom stereocenters. The molecule has 0 aromatic carbocycles. The Kier molecular flexibility index (Phi) is 4.09. The van der Waals surface area contributed by atoms with E-state index >= 15 is 0 Å². The van der Waals surface area contributed by atoms with Crippen molar-refractivity contribution >= 4 is 35.2 Å². The number of aromatic nitrogens is 1. The molecule has 2 aliphatic rings. The van der Waals surface area contributed by atoms with Crippen molar-refractivity contribution < 1.29 is 14.3 Å². The van der Waals surface area contributed by atoms with E-state index in [2.05, 4.69) is 4.98 Å². The van der Waals surface area contributed by atoms with Crippen molar-refractivity contribution in [3.8, 4) is 0 Å². The molecule has 0 unspecified atom stereocenters. The summed E-state index contributed by atoms with van der Waals surface area (Å²) >= 11 is 7.40. The maximum Gasteiger partial charge on any atom is 0.410 e. The number of carbonyl (C=O) groups excluding carboxylic acids is 2. The van der Waals surface area contributed by atoms with E-state index in [-0.39, 0.29) is 11.9 Å². The van der Waals surface area contributed by atoms with Crippen LogP contribution in [0.5, 0.6) is 0 Å². The van der Waals surface area contributed by atoms with Gasteiger partial charge in [-0.25, -0.2) is 9.78 Å². The summed E-state index contributed by atoms with van der Waals surface area (Å²) in [6.45, 7) is 6.56. The first-order valence-corrected chi connectivity index (χ1v) is 8.78. The fourth-order valence-corrected chi connectivity index (χ4v) is 4.42. The molecule has 1 amide bonds. The molecule has 124 valence electrons. The smallest absolute Gasteiger partial charge is 0.410 e. The lowest BCUT2D eigenvalue weighted by atomic mass is 9.89. The normalized spacial score (nSPS) is 19.8. The summed E-state index contributed by atoms with van der Waals surface area (Å²) in [4.78, 5) is 30.8. The molecule has 0 saturated carbocycles. The van der Waals surface area contributed by atoms with Gasteiger partial charge in [-0.2, -0.15) is 0 Å². The molecule has 0 aliphatic carbocycles. The van der Waals surface area contributed by atoms with Crippen molar-refractivity contribution in [3.05, 3.63) is 22.8 Å². The number of hydrogen-bond donors (Lipinski definition) is 0. The lowest BCUT2D eigenvalue weighted by Gasteiger charge is -2.37. The predicted molar refractivity (Wildman–Crippen MR) is 89.2 cm³/mol. The number of thioether (sulfide) groups is 1. The van der Waals surface area contributed by atoms with Gasteiger partial charge in [-0.05, 0) is 45.7 Å². The van der Waals surface area contributed by atoms with E-state index in [1.54, 1.807) is 17.0 Å². The Morgan fingerprint density at radius 1 is 1.35 bits per heavy atom.